The van der Waals surface area contributed by atoms with Crippen molar-refractivity contribution in [2.45, 2.75) is 32.9 Å². The highest BCUT2D eigenvalue weighted by molar-refractivity contribution is 5.78. The first-order valence-corrected chi connectivity index (χ1v) is 6.51. The summed E-state index contributed by atoms with van der Waals surface area (Å²) in [6.07, 6.45) is -2.83. The number of hydrogen-bond donors (Lipinski definition) is 1. The summed E-state index contributed by atoms with van der Waals surface area (Å²) in [6, 6.07) is 0. The highest BCUT2D eigenvalue weighted by atomic mass is 19.4. The molecule has 0 unspecified atom stereocenters. The van der Waals surface area contributed by atoms with Gasteiger partial charge in [-0.15, -0.1) is 0 Å². The van der Waals surface area contributed by atoms with Crippen molar-refractivity contribution in [2.24, 2.45) is 0 Å². The number of rotatable bonds is 9. The van der Waals surface area contributed by atoms with Gasteiger partial charge in [0.15, 0.2) is 0 Å². The smallest absolute Gasteiger partial charge is 0.395 e. The van der Waals surface area contributed by atoms with E-state index in [4.69, 9.17) is 5.11 Å². The maximum Gasteiger partial charge on any atom is 0.401 e. The quantitative estimate of drug-likeness (QED) is 0.697. The minimum atomic E-state index is -4.37. The zero-order valence-electron chi connectivity index (χ0n) is 11.5. The molecule has 0 radical (unpaired) electrons. The predicted octanol–water partition coefficient (Wildman–Crippen LogP) is 1.49. The lowest BCUT2D eigenvalue weighted by molar-refractivity contribution is -0.152. The van der Waals surface area contributed by atoms with Crippen molar-refractivity contribution >= 4 is 5.91 Å². The molecule has 0 aliphatic carbocycles. The zero-order chi connectivity index (χ0) is 14.9. The fourth-order valence-electron chi connectivity index (χ4n) is 1.80. The number of aliphatic hydroxyl groups excluding tert-OH is 1. The lowest BCUT2D eigenvalue weighted by Gasteiger charge is -2.27. The van der Waals surface area contributed by atoms with Crippen molar-refractivity contribution in [2.75, 3.05) is 39.3 Å². The van der Waals surface area contributed by atoms with E-state index in [9.17, 15) is 18.0 Å². The van der Waals surface area contributed by atoms with Gasteiger partial charge >= 0.3 is 6.18 Å². The van der Waals surface area contributed by atoms with Crippen molar-refractivity contribution in [3.63, 3.8) is 0 Å². The van der Waals surface area contributed by atoms with Crippen LogP contribution < -0.4 is 0 Å². The van der Waals surface area contributed by atoms with E-state index < -0.39 is 19.3 Å². The van der Waals surface area contributed by atoms with E-state index in [0.29, 0.717) is 13.1 Å². The van der Waals surface area contributed by atoms with Gasteiger partial charge in [0.25, 0.3) is 0 Å². The maximum absolute atomic E-state index is 12.3. The summed E-state index contributed by atoms with van der Waals surface area (Å²) < 4.78 is 37.0. The van der Waals surface area contributed by atoms with Crippen LogP contribution in [0.4, 0.5) is 13.2 Å². The van der Waals surface area contributed by atoms with E-state index in [1.54, 1.807) is 4.90 Å². The Hall–Kier alpha value is -0.820. The summed E-state index contributed by atoms with van der Waals surface area (Å²) >= 11 is 0. The second-order valence-electron chi connectivity index (χ2n) is 4.43. The normalized spacial score (nSPS) is 11.9. The van der Waals surface area contributed by atoms with E-state index in [0.717, 1.165) is 17.7 Å². The Morgan fingerprint density at radius 2 is 1.63 bits per heavy atom. The molecule has 0 heterocycles. The molecule has 4 nitrogen and oxygen atoms in total. The topological polar surface area (TPSA) is 43.8 Å². The van der Waals surface area contributed by atoms with Crippen molar-refractivity contribution in [1.82, 2.24) is 9.80 Å². The van der Waals surface area contributed by atoms with Crippen molar-refractivity contribution in [3.05, 3.63) is 0 Å². The summed E-state index contributed by atoms with van der Waals surface area (Å²) in [5, 5.41) is 8.76. The first-order valence-electron chi connectivity index (χ1n) is 6.51. The van der Waals surface area contributed by atoms with Crippen LogP contribution >= 0.6 is 0 Å². The third-order valence-electron chi connectivity index (χ3n) is 2.52. The fourth-order valence-corrected chi connectivity index (χ4v) is 1.80. The molecule has 0 saturated carbocycles. The van der Waals surface area contributed by atoms with Gasteiger partial charge < -0.3 is 10.0 Å². The van der Waals surface area contributed by atoms with E-state index in [2.05, 4.69) is 0 Å². The van der Waals surface area contributed by atoms with Crippen molar-refractivity contribution < 1.29 is 23.1 Å². The first kappa shape index (κ1) is 18.2. The van der Waals surface area contributed by atoms with Crippen LogP contribution in [0.15, 0.2) is 0 Å². The Morgan fingerprint density at radius 3 is 2.00 bits per heavy atom. The molecule has 0 rings (SSSR count). The zero-order valence-corrected chi connectivity index (χ0v) is 11.5. The molecule has 0 aromatic carbocycles. The third-order valence-corrected chi connectivity index (χ3v) is 2.52. The molecule has 0 saturated heterocycles. The molecule has 19 heavy (non-hydrogen) atoms. The number of halogens is 3. The van der Waals surface area contributed by atoms with Crippen LogP contribution in [0.5, 0.6) is 0 Å². The molecule has 7 heteroatoms. The fraction of sp³-hybridized carbons (Fsp3) is 0.917. The number of carbonyl (C=O) groups is 1. The Labute approximate surface area is 112 Å². The number of hydrogen-bond acceptors (Lipinski definition) is 3. The van der Waals surface area contributed by atoms with Crippen LogP contribution in [-0.4, -0.2) is 66.3 Å². The van der Waals surface area contributed by atoms with Crippen molar-refractivity contribution in [3.8, 4) is 0 Å². The molecule has 0 aliphatic rings. The Morgan fingerprint density at radius 1 is 1.11 bits per heavy atom. The van der Waals surface area contributed by atoms with Gasteiger partial charge in [0.05, 0.1) is 19.7 Å². The van der Waals surface area contributed by atoms with Crippen LogP contribution in [0.2, 0.25) is 0 Å². The highest BCUT2D eigenvalue weighted by Crippen LogP contribution is 2.16. The van der Waals surface area contributed by atoms with E-state index in [1.165, 1.54) is 0 Å². The highest BCUT2D eigenvalue weighted by Gasteiger charge is 2.31. The number of aliphatic hydroxyl groups is 1. The molecule has 0 aliphatic heterocycles. The van der Waals surface area contributed by atoms with E-state index >= 15 is 0 Å². The van der Waals surface area contributed by atoms with Gasteiger partial charge in [0, 0.05) is 19.6 Å². The van der Waals surface area contributed by atoms with Gasteiger partial charge in [0.1, 0.15) is 0 Å². The number of carbonyl (C=O) groups excluding carboxylic acids is 1. The molecule has 114 valence electrons. The molecule has 0 atom stereocenters. The average Bonchev–Trinajstić information content (AvgIpc) is 2.26. The largest absolute Gasteiger partial charge is 0.401 e. The monoisotopic (exact) mass is 284 g/mol. The second-order valence-corrected chi connectivity index (χ2v) is 4.43. The van der Waals surface area contributed by atoms with E-state index in [1.807, 2.05) is 13.8 Å². The summed E-state index contributed by atoms with van der Waals surface area (Å²) in [5.41, 5.74) is 0. The lowest BCUT2D eigenvalue weighted by atomic mass is 10.3. The molecule has 0 aromatic heterocycles. The van der Waals surface area contributed by atoms with Crippen LogP contribution in [0, 0.1) is 0 Å². The predicted molar refractivity (Wildman–Crippen MR) is 66.7 cm³/mol. The molecular weight excluding hydrogens is 261 g/mol. The Kier molecular flexibility index (Phi) is 8.75. The van der Waals surface area contributed by atoms with Gasteiger partial charge in [-0.1, -0.05) is 13.8 Å². The minimum absolute atomic E-state index is 0.155. The molecule has 1 amide bonds. The summed E-state index contributed by atoms with van der Waals surface area (Å²) in [4.78, 5) is 14.4. The van der Waals surface area contributed by atoms with E-state index in [-0.39, 0.29) is 19.0 Å². The van der Waals surface area contributed by atoms with Crippen LogP contribution in [0.1, 0.15) is 26.7 Å². The van der Waals surface area contributed by atoms with Gasteiger partial charge in [-0.25, -0.2) is 0 Å². The number of nitrogens with zero attached hydrogens (tertiary/aromatic N) is 2. The average molecular weight is 284 g/mol. The minimum Gasteiger partial charge on any atom is -0.395 e. The molecule has 0 aromatic rings. The standard InChI is InChI=1S/C12H23F3N2O2/c1-3-5-17(6-4-2)11(19)9-16(7-8-18)10-12(13,14)15/h18H,3-10H2,1-2H3. The summed E-state index contributed by atoms with van der Waals surface area (Å²) in [6.45, 7) is 2.89. The molecule has 1 N–H and O–H groups in total. The summed E-state index contributed by atoms with van der Waals surface area (Å²) in [7, 11) is 0. The maximum atomic E-state index is 12.3. The lowest BCUT2D eigenvalue weighted by Crippen LogP contribution is -2.45. The van der Waals surface area contributed by atoms with Crippen LogP contribution in [-0.2, 0) is 4.79 Å². The number of amides is 1. The summed E-state index contributed by atoms with van der Waals surface area (Å²) in [5.74, 6) is -0.318. The molecule has 0 fully saturated rings. The van der Waals surface area contributed by atoms with Crippen LogP contribution in [0.25, 0.3) is 0 Å². The van der Waals surface area contributed by atoms with Gasteiger partial charge in [-0.05, 0) is 12.8 Å². The first-order chi connectivity index (χ1) is 8.84. The Bertz CT molecular complexity index is 254. The molecule has 0 bridgehead atoms. The van der Waals surface area contributed by atoms with Gasteiger partial charge in [-0.2, -0.15) is 13.2 Å². The van der Waals surface area contributed by atoms with Gasteiger partial charge in [-0.3, -0.25) is 9.69 Å². The van der Waals surface area contributed by atoms with Crippen molar-refractivity contribution in [1.29, 1.82) is 0 Å². The SMILES string of the molecule is CCCN(CCC)C(=O)CN(CCO)CC(F)(F)F. The third kappa shape index (κ3) is 8.83. The second kappa shape index (κ2) is 9.14. The number of alkyl halides is 3. The molecule has 0 spiro atoms. The molecular formula is C12H23F3N2O2. The Balaban J connectivity index is 4.49. The van der Waals surface area contributed by atoms with Crippen LogP contribution in [0.3, 0.4) is 0 Å². The van der Waals surface area contributed by atoms with Gasteiger partial charge in [0.2, 0.25) is 5.91 Å².